The van der Waals surface area contributed by atoms with Crippen LogP contribution in [-0.2, 0) is 4.74 Å². The number of methoxy groups -OCH3 is 3. The maximum absolute atomic E-state index is 12.0. The summed E-state index contributed by atoms with van der Waals surface area (Å²) in [5.74, 6) is -1.85. The Bertz CT molecular complexity index is 720. The Hall–Kier alpha value is -2.76. The predicted molar refractivity (Wildman–Crippen MR) is 75.4 cm³/mol. The van der Waals surface area contributed by atoms with Crippen molar-refractivity contribution in [3.05, 3.63) is 35.4 Å². The first-order valence-electron chi connectivity index (χ1n) is 6.05. The second-order valence-electron chi connectivity index (χ2n) is 4.16. The lowest BCUT2D eigenvalue weighted by molar-refractivity contribution is 0.0577. The van der Waals surface area contributed by atoms with E-state index in [1.165, 1.54) is 21.3 Å². The minimum atomic E-state index is -1.30. The number of carbonyl (C=O) groups is 2. The van der Waals surface area contributed by atoms with Crippen LogP contribution in [0.15, 0.2) is 24.3 Å². The molecule has 0 aliphatic carbocycles. The molecule has 0 unspecified atom stereocenters. The van der Waals surface area contributed by atoms with Gasteiger partial charge in [-0.05, 0) is 0 Å². The summed E-state index contributed by atoms with van der Waals surface area (Å²) >= 11 is 0. The van der Waals surface area contributed by atoms with Gasteiger partial charge in [0.2, 0.25) is 0 Å². The number of carboxylic acids is 1. The van der Waals surface area contributed by atoms with Crippen LogP contribution in [0.4, 0.5) is 0 Å². The molecule has 0 amide bonds. The number of rotatable bonds is 4. The quantitative estimate of drug-likeness (QED) is 0.870. The van der Waals surface area contributed by atoms with E-state index in [2.05, 4.69) is 4.74 Å². The summed E-state index contributed by atoms with van der Waals surface area (Å²) < 4.78 is 15.1. The zero-order chi connectivity index (χ0) is 15.6. The van der Waals surface area contributed by atoms with Gasteiger partial charge in [0.1, 0.15) is 22.6 Å². The van der Waals surface area contributed by atoms with Crippen LogP contribution in [0.25, 0.3) is 10.8 Å². The highest BCUT2D eigenvalue weighted by atomic mass is 16.5. The molecule has 0 bridgehead atoms. The number of esters is 1. The third-order valence-electron chi connectivity index (χ3n) is 3.13. The fraction of sp³-hybridized carbons (Fsp3) is 0.200. The van der Waals surface area contributed by atoms with E-state index in [-0.39, 0.29) is 22.6 Å². The fourth-order valence-corrected chi connectivity index (χ4v) is 2.30. The molecule has 0 radical (unpaired) electrons. The Kier molecular flexibility index (Phi) is 3.98. The number of hydrogen-bond acceptors (Lipinski definition) is 5. The summed E-state index contributed by atoms with van der Waals surface area (Å²) in [4.78, 5) is 23.6. The molecule has 2 rings (SSSR count). The van der Waals surface area contributed by atoms with Crippen molar-refractivity contribution in [3.8, 4) is 11.5 Å². The minimum absolute atomic E-state index is 0.0966. The molecule has 0 saturated carbocycles. The van der Waals surface area contributed by atoms with Crippen molar-refractivity contribution in [1.82, 2.24) is 0 Å². The smallest absolute Gasteiger partial charge is 0.342 e. The Balaban J connectivity index is 3.06. The van der Waals surface area contributed by atoms with Crippen LogP contribution < -0.4 is 9.47 Å². The molecule has 6 nitrogen and oxygen atoms in total. The van der Waals surface area contributed by atoms with Crippen molar-refractivity contribution in [3.63, 3.8) is 0 Å². The predicted octanol–water partition coefficient (Wildman–Crippen LogP) is 2.34. The third-order valence-corrected chi connectivity index (χ3v) is 3.13. The lowest BCUT2D eigenvalue weighted by Gasteiger charge is -2.17. The molecule has 0 saturated heterocycles. The highest BCUT2D eigenvalue weighted by Crippen LogP contribution is 2.41. The molecule has 110 valence electrons. The number of carbonyl (C=O) groups excluding carboxylic acids is 1. The van der Waals surface area contributed by atoms with E-state index >= 15 is 0 Å². The largest absolute Gasteiger partial charge is 0.495 e. The molecule has 1 N–H and O–H groups in total. The molecule has 6 heteroatoms. The molecular formula is C15H14O6. The molecule has 0 spiro atoms. The first-order valence-corrected chi connectivity index (χ1v) is 6.05. The van der Waals surface area contributed by atoms with Crippen molar-refractivity contribution in [2.75, 3.05) is 21.3 Å². The van der Waals surface area contributed by atoms with Crippen LogP contribution in [0.1, 0.15) is 20.7 Å². The van der Waals surface area contributed by atoms with Gasteiger partial charge in [-0.1, -0.05) is 24.3 Å². The normalized spacial score (nSPS) is 10.2. The van der Waals surface area contributed by atoms with Gasteiger partial charge in [-0.3, -0.25) is 0 Å². The maximum atomic E-state index is 12.0. The summed E-state index contributed by atoms with van der Waals surface area (Å²) in [6.45, 7) is 0. The summed E-state index contributed by atoms with van der Waals surface area (Å²) in [6.07, 6.45) is 0. The van der Waals surface area contributed by atoms with Gasteiger partial charge in [-0.15, -0.1) is 0 Å². The highest BCUT2D eigenvalue weighted by Gasteiger charge is 2.30. The van der Waals surface area contributed by atoms with Gasteiger partial charge in [0, 0.05) is 10.8 Å². The number of carboxylic acid groups (broad SMARTS) is 1. The number of fused-ring (bicyclic) bond motifs is 1. The summed E-state index contributed by atoms with van der Waals surface area (Å²) in [6, 6.07) is 6.92. The molecule has 0 atom stereocenters. The number of benzene rings is 2. The lowest BCUT2D eigenvalue weighted by atomic mass is 9.97. The Morgan fingerprint density at radius 2 is 1.38 bits per heavy atom. The van der Waals surface area contributed by atoms with Gasteiger partial charge in [0.15, 0.2) is 0 Å². The zero-order valence-corrected chi connectivity index (χ0v) is 11.8. The van der Waals surface area contributed by atoms with E-state index in [4.69, 9.17) is 9.47 Å². The van der Waals surface area contributed by atoms with Gasteiger partial charge in [0.05, 0.1) is 21.3 Å². The van der Waals surface area contributed by atoms with E-state index in [0.29, 0.717) is 10.8 Å². The van der Waals surface area contributed by atoms with Crippen molar-refractivity contribution in [2.45, 2.75) is 0 Å². The van der Waals surface area contributed by atoms with Gasteiger partial charge in [-0.25, -0.2) is 9.59 Å². The first-order chi connectivity index (χ1) is 10.1. The average molecular weight is 290 g/mol. The summed E-state index contributed by atoms with van der Waals surface area (Å²) in [5, 5.41) is 10.6. The maximum Gasteiger partial charge on any atom is 0.342 e. The minimum Gasteiger partial charge on any atom is -0.495 e. The molecule has 2 aromatic rings. The van der Waals surface area contributed by atoms with Crippen molar-refractivity contribution in [2.24, 2.45) is 0 Å². The Labute approximate surface area is 120 Å². The molecule has 0 heterocycles. The third kappa shape index (κ3) is 2.24. The van der Waals surface area contributed by atoms with E-state index in [0.717, 1.165) is 0 Å². The summed E-state index contributed by atoms with van der Waals surface area (Å²) in [7, 11) is 3.89. The second kappa shape index (κ2) is 5.70. The molecule has 0 aromatic heterocycles. The topological polar surface area (TPSA) is 82.1 Å². The SMILES string of the molecule is COC(=O)c1c(C(=O)O)c(OC)c2ccccc2c1OC. The van der Waals surface area contributed by atoms with Crippen LogP contribution in [-0.4, -0.2) is 38.4 Å². The standard InChI is InChI=1S/C15H14O6/c1-19-12-8-6-4-5-7-9(8)13(20-2)11(15(18)21-3)10(12)14(16)17/h4-7H,1-3H3,(H,16,17). The molecule has 2 aromatic carbocycles. The van der Waals surface area contributed by atoms with E-state index in [1.807, 2.05) is 0 Å². The molecule has 0 aliphatic heterocycles. The monoisotopic (exact) mass is 290 g/mol. The van der Waals surface area contributed by atoms with Crippen molar-refractivity contribution >= 4 is 22.7 Å². The number of ether oxygens (including phenoxy) is 3. The van der Waals surface area contributed by atoms with Crippen LogP contribution in [0, 0.1) is 0 Å². The van der Waals surface area contributed by atoms with Gasteiger partial charge in [0.25, 0.3) is 0 Å². The van der Waals surface area contributed by atoms with Gasteiger partial charge < -0.3 is 19.3 Å². The fourth-order valence-electron chi connectivity index (χ4n) is 2.30. The second-order valence-corrected chi connectivity index (χ2v) is 4.16. The highest BCUT2D eigenvalue weighted by molar-refractivity contribution is 6.14. The number of hydrogen-bond donors (Lipinski definition) is 1. The number of aromatic carboxylic acids is 1. The molecule has 21 heavy (non-hydrogen) atoms. The molecular weight excluding hydrogens is 276 g/mol. The van der Waals surface area contributed by atoms with Crippen LogP contribution in [0.2, 0.25) is 0 Å². The Morgan fingerprint density at radius 3 is 1.76 bits per heavy atom. The van der Waals surface area contributed by atoms with Crippen molar-refractivity contribution in [1.29, 1.82) is 0 Å². The Morgan fingerprint density at radius 1 is 0.905 bits per heavy atom. The average Bonchev–Trinajstić information content (AvgIpc) is 2.51. The first kappa shape index (κ1) is 14.6. The van der Waals surface area contributed by atoms with E-state index in [9.17, 15) is 14.7 Å². The van der Waals surface area contributed by atoms with Crippen LogP contribution in [0.5, 0.6) is 11.5 Å². The summed E-state index contributed by atoms with van der Waals surface area (Å²) in [5.41, 5.74) is -0.442. The zero-order valence-electron chi connectivity index (χ0n) is 11.8. The lowest BCUT2D eigenvalue weighted by Crippen LogP contribution is -2.14. The van der Waals surface area contributed by atoms with E-state index in [1.54, 1.807) is 24.3 Å². The van der Waals surface area contributed by atoms with E-state index < -0.39 is 11.9 Å². The van der Waals surface area contributed by atoms with Crippen LogP contribution in [0.3, 0.4) is 0 Å². The van der Waals surface area contributed by atoms with Crippen LogP contribution >= 0.6 is 0 Å². The van der Waals surface area contributed by atoms with Gasteiger partial charge >= 0.3 is 11.9 Å². The molecule has 0 fully saturated rings. The van der Waals surface area contributed by atoms with Crippen molar-refractivity contribution < 1.29 is 28.9 Å². The molecule has 0 aliphatic rings. The van der Waals surface area contributed by atoms with Gasteiger partial charge in [-0.2, -0.15) is 0 Å².